The summed E-state index contributed by atoms with van der Waals surface area (Å²) in [5.41, 5.74) is 0. The van der Waals surface area contributed by atoms with Gasteiger partial charge in [-0.1, -0.05) is 6.92 Å². The van der Waals surface area contributed by atoms with Crippen molar-refractivity contribution in [2.75, 3.05) is 44.2 Å². The number of carbonyl (C=O) groups excluding carboxylic acids is 1. The summed E-state index contributed by atoms with van der Waals surface area (Å²) in [6, 6.07) is -0.202. The minimum absolute atomic E-state index is 0.0506. The Morgan fingerprint density at radius 3 is 2.86 bits per heavy atom. The number of morpholine rings is 1. The molecule has 6 nitrogen and oxygen atoms in total. The molecule has 0 spiro atoms. The van der Waals surface area contributed by atoms with Crippen LogP contribution in [-0.4, -0.2) is 67.3 Å². The molecule has 1 amide bonds. The van der Waals surface area contributed by atoms with E-state index in [1.165, 1.54) is 4.88 Å². The molecule has 122 valence electrons. The fourth-order valence-corrected chi connectivity index (χ4v) is 3.83. The Balaban J connectivity index is 1.55. The Kier molecular flexibility index (Phi) is 4.95. The van der Waals surface area contributed by atoms with E-state index in [-0.39, 0.29) is 18.1 Å². The van der Waals surface area contributed by atoms with Gasteiger partial charge in [0.25, 0.3) is 0 Å². The number of rotatable bonds is 3. The van der Waals surface area contributed by atoms with Crippen LogP contribution >= 0.6 is 11.3 Å². The summed E-state index contributed by atoms with van der Waals surface area (Å²) in [4.78, 5) is 22.6. The summed E-state index contributed by atoms with van der Waals surface area (Å²) in [5, 5.41) is 4.36. The second kappa shape index (κ2) is 6.93. The van der Waals surface area contributed by atoms with Gasteiger partial charge in [-0.15, -0.1) is 11.3 Å². The predicted molar refractivity (Wildman–Crippen MR) is 87.5 cm³/mol. The molecule has 2 aliphatic rings. The quantitative estimate of drug-likeness (QED) is 0.888. The van der Waals surface area contributed by atoms with E-state index in [0.29, 0.717) is 6.61 Å². The van der Waals surface area contributed by atoms with Crippen LogP contribution in [0.2, 0.25) is 0 Å². The van der Waals surface area contributed by atoms with Crippen LogP contribution in [0, 0.1) is 0 Å². The first-order chi connectivity index (χ1) is 10.7. The Bertz CT molecular complexity index is 513. The molecule has 0 radical (unpaired) electrons. The molecule has 0 aliphatic carbocycles. The number of nitrogens with zero attached hydrogens (tertiary/aromatic N) is 3. The van der Waals surface area contributed by atoms with Crippen molar-refractivity contribution in [3.8, 4) is 0 Å². The standard InChI is InChI=1S/C15H24N4O2S/c1-3-12-10-17-15(22-12)19-7-5-18(6-8-19)14(20)13-11(2)21-9-4-16-13/h10-11,13,16H,3-9H2,1-2H3/t11-,13+/m1/s1. The van der Waals surface area contributed by atoms with E-state index in [4.69, 9.17) is 4.74 Å². The van der Waals surface area contributed by atoms with Crippen molar-refractivity contribution in [2.24, 2.45) is 0 Å². The maximum absolute atomic E-state index is 12.6. The first kappa shape index (κ1) is 15.7. The highest BCUT2D eigenvalue weighted by atomic mass is 32.1. The van der Waals surface area contributed by atoms with E-state index in [0.717, 1.165) is 44.3 Å². The summed E-state index contributed by atoms with van der Waals surface area (Å²) in [6.45, 7) is 8.76. The number of carbonyl (C=O) groups is 1. The van der Waals surface area contributed by atoms with Crippen molar-refractivity contribution in [1.82, 2.24) is 15.2 Å². The first-order valence-electron chi connectivity index (χ1n) is 8.02. The molecular formula is C15H24N4O2S. The lowest BCUT2D eigenvalue weighted by Crippen LogP contribution is -2.59. The van der Waals surface area contributed by atoms with Crippen molar-refractivity contribution < 1.29 is 9.53 Å². The zero-order chi connectivity index (χ0) is 15.5. The molecule has 22 heavy (non-hydrogen) atoms. The van der Waals surface area contributed by atoms with Gasteiger partial charge in [0.15, 0.2) is 5.13 Å². The molecule has 3 rings (SSSR count). The number of aromatic nitrogens is 1. The van der Waals surface area contributed by atoms with Gasteiger partial charge in [0.05, 0.1) is 12.7 Å². The number of thiazole rings is 1. The molecule has 0 saturated carbocycles. The van der Waals surface area contributed by atoms with E-state index < -0.39 is 0 Å². The fourth-order valence-electron chi connectivity index (χ4n) is 2.93. The van der Waals surface area contributed by atoms with Gasteiger partial charge in [-0.05, 0) is 13.3 Å². The number of hydrogen-bond acceptors (Lipinski definition) is 6. The fraction of sp³-hybridized carbons (Fsp3) is 0.733. The smallest absolute Gasteiger partial charge is 0.242 e. The van der Waals surface area contributed by atoms with Crippen LogP contribution in [-0.2, 0) is 16.0 Å². The maximum Gasteiger partial charge on any atom is 0.242 e. The lowest BCUT2D eigenvalue weighted by Gasteiger charge is -2.38. The molecule has 1 aromatic heterocycles. The number of anilines is 1. The topological polar surface area (TPSA) is 57.7 Å². The second-order valence-electron chi connectivity index (χ2n) is 5.78. The molecular weight excluding hydrogens is 300 g/mol. The number of nitrogens with one attached hydrogen (secondary N) is 1. The maximum atomic E-state index is 12.6. The largest absolute Gasteiger partial charge is 0.375 e. The van der Waals surface area contributed by atoms with Gasteiger partial charge >= 0.3 is 0 Å². The Morgan fingerprint density at radius 1 is 1.45 bits per heavy atom. The van der Waals surface area contributed by atoms with Crippen LogP contribution in [0.5, 0.6) is 0 Å². The third-order valence-corrected chi connectivity index (χ3v) is 5.54. The molecule has 2 aliphatic heterocycles. The van der Waals surface area contributed by atoms with Crippen LogP contribution in [0.15, 0.2) is 6.20 Å². The van der Waals surface area contributed by atoms with Crippen LogP contribution in [0.25, 0.3) is 0 Å². The first-order valence-corrected chi connectivity index (χ1v) is 8.84. The van der Waals surface area contributed by atoms with Crippen molar-refractivity contribution in [1.29, 1.82) is 0 Å². The van der Waals surface area contributed by atoms with Gasteiger partial charge in [-0.25, -0.2) is 4.98 Å². The minimum atomic E-state index is -0.202. The molecule has 0 aromatic carbocycles. The summed E-state index contributed by atoms with van der Waals surface area (Å²) in [5.74, 6) is 0.167. The van der Waals surface area contributed by atoms with Gasteiger partial charge in [0.2, 0.25) is 5.91 Å². The number of ether oxygens (including phenoxy) is 1. The highest BCUT2D eigenvalue weighted by molar-refractivity contribution is 7.15. The average molecular weight is 324 g/mol. The Morgan fingerprint density at radius 2 is 2.23 bits per heavy atom. The molecule has 3 heterocycles. The van der Waals surface area contributed by atoms with E-state index >= 15 is 0 Å². The Labute approximate surface area is 135 Å². The molecule has 1 N–H and O–H groups in total. The lowest BCUT2D eigenvalue weighted by atomic mass is 10.1. The average Bonchev–Trinajstić information content (AvgIpc) is 3.04. The summed E-state index contributed by atoms with van der Waals surface area (Å²) >= 11 is 1.76. The number of piperazine rings is 1. The zero-order valence-electron chi connectivity index (χ0n) is 13.2. The summed E-state index contributed by atoms with van der Waals surface area (Å²) in [6.07, 6.45) is 2.94. The summed E-state index contributed by atoms with van der Waals surface area (Å²) < 4.78 is 5.58. The molecule has 2 saturated heterocycles. The van der Waals surface area contributed by atoms with Gasteiger partial charge in [-0.3, -0.25) is 4.79 Å². The zero-order valence-corrected chi connectivity index (χ0v) is 14.1. The normalized spacial score (nSPS) is 26.3. The number of aryl methyl sites for hydroxylation is 1. The number of amides is 1. The highest BCUT2D eigenvalue weighted by Crippen LogP contribution is 2.24. The van der Waals surface area contributed by atoms with Crippen LogP contribution in [0.1, 0.15) is 18.7 Å². The second-order valence-corrected chi connectivity index (χ2v) is 6.88. The van der Waals surface area contributed by atoms with Gasteiger partial charge in [0.1, 0.15) is 6.04 Å². The van der Waals surface area contributed by atoms with Crippen LogP contribution < -0.4 is 10.2 Å². The lowest BCUT2D eigenvalue weighted by molar-refractivity contribution is -0.139. The number of hydrogen-bond donors (Lipinski definition) is 1. The molecule has 2 atom stereocenters. The SMILES string of the molecule is CCc1cnc(N2CCN(C(=O)[C@H]3NCCO[C@@H]3C)CC2)s1. The predicted octanol–water partition coefficient (Wildman–Crippen LogP) is 0.731. The van der Waals surface area contributed by atoms with Crippen LogP contribution in [0.3, 0.4) is 0 Å². The van der Waals surface area contributed by atoms with Crippen molar-refractivity contribution in [2.45, 2.75) is 32.4 Å². The van der Waals surface area contributed by atoms with Crippen molar-refractivity contribution in [3.63, 3.8) is 0 Å². The van der Waals surface area contributed by atoms with E-state index in [1.54, 1.807) is 11.3 Å². The molecule has 2 fully saturated rings. The molecule has 1 aromatic rings. The van der Waals surface area contributed by atoms with Gasteiger partial charge in [0, 0.05) is 43.8 Å². The monoisotopic (exact) mass is 324 g/mol. The minimum Gasteiger partial charge on any atom is -0.375 e. The molecule has 0 bridgehead atoms. The van der Waals surface area contributed by atoms with Crippen molar-refractivity contribution >= 4 is 22.4 Å². The summed E-state index contributed by atoms with van der Waals surface area (Å²) in [7, 11) is 0. The third kappa shape index (κ3) is 3.26. The van der Waals surface area contributed by atoms with Gasteiger partial charge < -0.3 is 19.9 Å². The molecule has 7 heteroatoms. The van der Waals surface area contributed by atoms with Gasteiger partial charge in [-0.2, -0.15) is 0 Å². The highest BCUT2D eigenvalue weighted by Gasteiger charge is 2.33. The van der Waals surface area contributed by atoms with E-state index in [9.17, 15) is 4.79 Å². The Hall–Kier alpha value is -1.18. The van der Waals surface area contributed by atoms with E-state index in [1.807, 2.05) is 18.0 Å². The molecule has 0 unspecified atom stereocenters. The van der Waals surface area contributed by atoms with Crippen LogP contribution in [0.4, 0.5) is 5.13 Å². The van der Waals surface area contributed by atoms with E-state index in [2.05, 4.69) is 22.1 Å². The third-order valence-electron chi connectivity index (χ3n) is 4.33. The van der Waals surface area contributed by atoms with Crippen molar-refractivity contribution in [3.05, 3.63) is 11.1 Å².